The Bertz CT molecular complexity index is 2840. The molecule has 0 bridgehead atoms. The summed E-state index contributed by atoms with van der Waals surface area (Å²) in [4.78, 5) is 2.58. The van der Waals surface area contributed by atoms with Crippen LogP contribution in [0.3, 0.4) is 0 Å². The van der Waals surface area contributed by atoms with Gasteiger partial charge in [0, 0.05) is 27.8 Å². The van der Waals surface area contributed by atoms with E-state index in [1.54, 1.807) is 0 Å². The summed E-state index contributed by atoms with van der Waals surface area (Å²) >= 11 is 0. The Kier molecular flexibility index (Phi) is 5.55. The zero-order chi connectivity index (χ0) is 34.0. The fraction of sp³-hybridized carbons (Fsp3) is 0.0204. The molecule has 3 aliphatic rings. The zero-order valence-corrected chi connectivity index (χ0v) is 28.4. The fourth-order valence-corrected chi connectivity index (χ4v) is 10.1. The predicted octanol–water partition coefficient (Wildman–Crippen LogP) is 9.76. The van der Waals surface area contributed by atoms with E-state index < -0.39 is 5.41 Å². The SMILES string of the molecule is c1ccc(B2c3ccccc3N3c4ccc(-n5c6ccccc6c6ccccc65)cc4C4(c5ccccc5-c5ccccc54)c4cccc2c43)cc1. The van der Waals surface area contributed by atoms with Crippen LogP contribution in [0.1, 0.15) is 22.3 Å². The summed E-state index contributed by atoms with van der Waals surface area (Å²) in [7, 11) is 0. The summed E-state index contributed by atoms with van der Waals surface area (Å²) in [5, 5.41) is 2.54. The van der Waals surface area contributed by atoms with Crippen LogP contribution in [0.25, 0.3) is 38.6 Å². The minimum Gasteiger partial charge on any atom is -0.311 e. The van der Waals surface area contributed by atoms with Crippen LogP contribution in [0.15, 0.2) is 188 Å². The molecule has 0 saturated heterocycles. The van der Waals surface area contributed by atoms with Gasteiger partial charge in [0.05, 0.1) is 22.1 Å². The van der Waals surface area contributed by atoms with Crippen LogP contribution >= 0.6 is 0 Å². The van der Waals surface area contributed by atoms with Crippen molar-refractivity contribution < 1.29 is 0 Å². The lowest BCUT2D eigenvalue weighted by atomic mass is 9.34. The molecule has 9 aromatic rings. The summed E-state index contributed by atoms with van der Waals surface area (Å²) in [6.07, 6.45) is 0. The van der Waals surface area contributed by atoms with Gasteiger partial charge in [-0.25, -0.2) is 0 Å². The minimum absolute atomic E-state index is 0.117. The third-order valence-corrected chi connectivity index (χ3v) is 12.0. The van der Waals surface area contributed by atoms with Gasteiger partial charge in [-0.2, -0.15) is 0 Å². The molecule has 0 radical (unpaired) electrons. The topological polar surface area (TPSA) is 8.17 Å². The molecule has 8 aromatic carbocycles. The van der Waals surface area contributed by atoms with E-state index in [0.717, 1.165) is 0 Å². The van der Waals surface area contributed by atoms with Crippen molar-refractivity contribution in [2.75, 3.05) is 4.90 Å². The second kappa shape index (κ2) is 10.2. The second-order valence-electron chi connectivity index (χ2n) is 14.4. The maximum absolute atomic E-state index is 2.58. The van der Waals surface area contributed by atoms with Gasteiger partial charge in [0.15, 0.2) is 0 Å². The standard InChI is InChI=1S/C49H31BN2/c1-2-15-32(16-3-1)50-42-24-10-13-28-47(42)52-46-30-29-33(51-44-26-11-6-19-36(44)37-20-7-12-27-45(37)51)31-41(46)49(40-23-14-25-43(50)48(40)52)38-21-8-4-17-34(38)35-18-5-9-22-39(35)49/h1-31H. The van der Waals surface area contributed by atoms with E-state index >= 15 is 0 Å². The molecular formula is C49H31BN2. The number of hydrogen-bond donors (Lipinski definition) is 0. The van der Waals surface area contributed by atoms with Crippen molar-refractivity contribution in [3.63, 3.8) is 0 Å². The van der Waals surface area contributed by atoms with Crippen molar-refractivity contribution in [3.05, 3.63) is 210 Å². The van der Waals surface area contributed by atoms with Crippen LogP contribution in [0.2, 0.25) is 0 Å². The molecular weight excluding hydrogens is 627 g/mol. The van der Waals surface area contributed by atoms with Crippen molar-refractivity contribution in [3.8, 4) is 16.8 Å². The molecule has 240 valence electrons. The first-order chi connectivity index (χ1) is 25.8. The summed E-state index contributed by atoms with van der Waals surface area (Å²) in [5.74, 6) is 0. The molecule has 0 atom stereocenters. The molecule has 0 saturated carbocycles. The number of anilines is 3. The van der Waals surface area contributed by atoms with E-state index in [4.69, 9.17) is 0 Å². The number of aromatic nitrogens is 1. The maximum atomic E-state index is 2.58. The van der Waals surface area contributed by atoms with Crippen molar-refractivity contribution in [1.29, 1.82) is 0 Å². The molecule has 2 aliphatic heterocycles. The van der Waals surface area contributed by atoms with E-state index in [1.807, 2.05) is 0 Å². The number of nitrogens with zero attached hydrogens (tertiary/aromatic N) is 2. The normalized spacial score (nSPS) is 14.2. The summed E-state index contributed by atoms with van der Waals surface area (Å²) in [5.41, 5.74) is 18.8. The largest absolute Gasteiger partial charge is 0.311 e. The van der Waals surface area contributed by atoms with Gasteiger partial charge in [-0.05, 0) is 80.7 Å². The predicted molar refractivity (Wildman–Crippen MR) is 217 cm³/mol. The van der Waals surface area contributed by atoms with Gasteiger partial charge >= 0.3 is 0 Å². The number of fused-ring (bicyclic) bond motifs is 14. The molecule has 12 rings (SSSR count). The molecule has 2 nitrogen and oxygen atoms in total. The van der Waals surface area contributed by atoms with Gasteiger partial charge in [0.25, 0.3) is 0 Å². The number of benzene rings is 8. The number of para-hydroxylation sites is 4. The second-order valence-corrected chi connectivity index (χ2v) is 14.4. The quantitative estimate of drug-likeness (QED) is 0.168. The van der Waals surface area contributed by atoms with Crippen molar-refractivity contribution in [2.45, 2.75) is 5.41 Å². The van der Waals surface area contributed by atoms with Crippen molar-refractivity contribution in [2.24, 2.45) is 0 Å². The zero-order valence-electron chi connectivity index (χ0n) is 28.4. The lowest BCUT2D eigenvalue weighted by molar-refractivity contribution is 0.752. The lowest BCUT2D eigenvalue weighted by Gasteiger charge is -2.49. The highest BCUT2D eigenvalue weighted by atomic mass is 15.2. The molecule has 3 heteroatoms. The molecule has 0 unspecified atom stereocenters. The highest BCUT2D eigenvalue weighted by Gasteiger charge is 2.54. The Labute approximate surface area is 302 Å². The summed E-state index contributed by atoms with van der Waals surface area (Å²) in [6, 6.07) is 70.4. The van der Waals surface area contributed by atoms with Crippen LogP contribution < -0.4 is 21.3 Å². The third kappa shape index (κ3) is 3.41. The first kappa shape index (κ1) is 28.2. The van der Waals surface area contributed by atoms with Crippen LogP contribution in [0, 0.1) is 0 Å². The Morgan fingerprint density at radius 3 is 1.71 bits per heavy atom. The molecule has 1 aliphatic carbocycles. The molecule has 0 fully saturated rings. The smallest absolute Gasteiger partial charge is 0.246 e. The van der Waals surface area contributed by atoms with Gasteiger partial charge in [0.1, 0.15) is 0 Å². The van der Waals surface area contributed by atoms with Crippen molar-refractivity contribution >= 4 is 62.0 Å². The van der Waals surface area contributed by atoms with E-state index in [2.05, 4.69) is 198 Å². The lowest BCUT2D eigenvalue weighted by Crippen LogP contribution is -2.58. The first-order valence-electron chi connectivity index (χ1n) is 18.2. The van der Waals surface area contributed by atoms with E-state index in [-0.39, 0.29) is 6.71 Å². The van der Waals surface area contributed by atoms with Crippen LogP contribution in [-0.4, -0.2) is 11.3 Å². The fourth-order valence-electron chi connectivity index (χ4n) is 10.1. The van der Waals surface area contributed by atoms with Gasteiger partial charge in [-0.1, -0.05) is 157 Å². The van der Waals surface area contributed by atoms with E-state index in [1.165, 1.54) is 94.3 Å². The molecule has 1 aromatic heterocycles. The third-order valence-electron chi connectivity index (χ3n) is 12.0. The molecule has 1 spiro atoms. The highest BCUT2D eigenvalue weighted by molar-refractivity contribution is 6.98. The molecule has 3 heterocycles. The van der Waals surface area contributed by atoms with Gasteiger partial charge in [-0.3, -0.25) is 0 Å². The van der Waals surface area contributed by atoms with Crippen LogP contribution in [-0.2, 0) is 5.41 Å². The van der Waals surface area contributed by atoms with Gasteiger partial charge in [-0.15, -0.1) is 0 Å². The van der Waals surface area contributed by atoms with E-state index in [0.29, 0.717) is 0 Å². The van der Waals surface area contributed by atoms with E-state index in [9.17, 15) is 0 Å². The maximum Gasteiger partial charge on any atom is 0.246 e. The molecule has 0 N–H and O–H groups in total. The van der Waals surface area contributed by atoms with Crippen LogP contribution in [0.5, 0.6) is 0 Å². The monoisotopic (exact) mass is 658 g/mol. The summed E-state index contributed by atoms with van der Waals surface area (Å²) in [6.45, 7) is 0.117. The number of hydrogen-bond acceptors (Lipinski definition) is 1. The summed E-state index contributed by atoms with van der Waals surface area (Å²) < 4.78 is 2.47. The Hall–Kier alpha value is -6.58. The van der Waals surface area contributed by atoms with Gasteiger partial charge < -0.3 is 9.47 Å². The Morgan fingerprint density at radius 2 is 0.981 bits per heavy atom. The first-order valence-corrected chi connectivity index (χ1v) is 18.2. The van der Waals surface area contributed by atoms with Crippen LogP contribution in [0.4, 0.5) is 17.1 Å². The Morgan fingerprint density at radius 1 is 0.404 bits per heavy atom. The average Bonchev–Trinajstić information content (AvgIpc) is 3.71. The highest BCUT2D eigenvalue weighted by Crippen LogP contribution is 2.63. The van der Waals surface area contributed by atoms with Crippen molar-refractivity contribution in [1.82, 2.24) is 4.57 Å². The Balaban J connectivity index is 1.25. The number of rotatable bonds is 2. The van der Waals surface area contributed by atoms with Gasteiger partial charge in [0.2, 0.25) is 6.71 Å². The average molecular weight is 659 g/mol. The molecule has 52 heavy (non-hydrogen) atoms. The minimum atomic E-state index is -0.521. The molecule has 0 amide bonds.